The summed E-state index contributed by atoms with van der Waals surface area (Å²) in [7, 11) is -1.12. The molecule has 80 valence electrons. The average molecular weight is 211 g/mol. The van der Waals surface area contributed by atoms with Gasteiger partial charge in [0.25, 0.3) is 0 Å². The number of rotatable bonds is 3. The van der Waals surface area contributed by atoms with Crippen molar-refractivity contribution in [2.75, 3.05) is 26.3 Å². The fourth-order valence-corrected chi connectivity index (χ4v) is 3.16. The van der Waals surface area contributed by atoms with Crippen LogP contribution in [0, 0.1) is 17.2 Å². The maximum absolute atomic E-state index is 8.74. The van der Waals surface area contributed by atoms with Crippen molar-refractivity contribution in [1.29, 1.82) is 5.26 Å². The lowest BCUT2D eigenvalue weighted by molar-refractivity contribution is 0.282. The Labute approximate surface area is 88.4 Å². The van der Waals surface area contributed by atoms with Crippen LogP contribution in [0.25, 0.3) is 0 Å². The highest BCUT2D eigenvalue weighted by atomic mass is 28.3. The van der Waals surface area contributed by atoms with Gasteiger partial charge in [0.15, 0.2) is 0 Å². The lowest BCUT2D eigenvalue weighted by atomic mass is 10.2. The summed E-state index contributed by atoms with van der Waals surface area (Å²) in [6.07, 6.45) is 0. The third-order valence-corrected chi connectivity index (χ3v) is 5.02. The van der Waals surface area contributed by atoms with Gasteiger partial charge in [-0.25, -0.2) is 0 Å². The van der Waals surface area contributed by atoms with Crippen LogP contribution in [0.5, 0.6) is 0 Å². The van der Waals surface area contributed by atoms with Gasteiger partial charge < -0.3 is 4.57 Å². The Hall–Kier alpha value is -0.373. The van der Waals surface area contributed by atoms with Gasteiger partial charge in [0, 0.05) is 26.3 Å². The summed E-state index contributed by atoms with van der Waals surface area (Å²) in [6, 6.07) is 2.30. The SMILES string of the molecule is CC(C#N)CN1CCN([Si](C)(C)C)C1. The molecule has 1 saturated heterocycles. The smallest absolute Gasteiger partial charge is 0.120 e. The van der Waals surface area contributed by atoms with Crippen LogP contribution in [0.4, 0.5) is 0 Å². The van der Waals surface area contributed by atoms with E-state index in [9.17, 15) is 0 Å². The molecule has 0 aliphatic carbocycles. The van der Waals surface area contributed by atoms with Crippen molar-refractivity contribution >= 4 is 8.24 Å². The Morgan fingerprint density at radius 2 is 2.00 bits per heavy atom. The van der Waals surface area contributed by atoms with Crippen LogP contribution in [0.2, 0.25) is 19.6 Å². The van der Waals surface area contributed by atoms with Crippen molar-refractivity contribution in [2.24, 2.45) is 5.92 Å². The monoisotopic (exact) mass is 211 g/mol. The molecule has 1 aliphatic rings. The first-order chi connectivity index (χ1) is 6.43. The van der Waals surface area contributed by atoms with Gasteiger partial charge in [0.2, 0.25) is 0 Å². The van der Waals surface area contributed by atoms with Crippen LogP contribution in [0.3, 0.4) is 0 Å². The molecule has 0 N–H and O–H groups in total. The fraction of sp³-hybridized carbons (Fsp3) is 0.900. The molecular weight excluding hydrogens is 190 g/mol. The largest absolute Gasteiger partial charge is 0.311 e. The van der Waals surface area contributed by atoms with E-state index in [0.717, 1.165) is 19.8 Å². The van der Waals surface area contributed by atoms with E-state index >= 15 is 0 Å². The van der Waals surface area contributed by atoms with E-state index in [1.54, 1.807) is 0 Å². The second-order valence-electron chi connectivity index (χ2n) is 5.18. The third-order valence-electron chi connectivity index (χ3n) is 2.76. The van der Waals surface area contributed by atoms with Gasteiger partial charge in [-0.1, -0.05) is 19.6 Å². The van der Waals surface area contributed by atoms with Crippen molar-refractivity contribution < 1.29 is 0 Å². The molecule has 1 unspecified atom stereocenters. The van der Waals surface area contributed by atoms with Crippen molar-refractivity contribution in [1.82, 2.24) is 9.47 Å². The molecular formula is C10H21N3Si. The molecule has 1 heterocycles. The van der Waals surface area contributed by atoms with Gasteiger partial charge in [-0.3, -0.25) is 4.90 Å². The highest BCUT2D eigenvalue weighted by Gasteiger charge is 2.30. The first-order valence-corrected chi connectivity index (χ1v) is 8.75. The minimum atomic E-state index is -1.12. The molecule has 0 aromatic carbocycles. The summed E-state index contributed by atoms with van der Waals surface area (Å²) in [5.41, 5.74) is 0. The van der Waals surface area contributed by atoms with E-state index in [-0.39, 0.29) is 5.92 Å². The fourth-order valence-electron chi connectivity index (χ4n) is 1.77. The summed E-state index contributed by atoms with van der Waals surface area (Å²) in [4.78, 5) is 2.39. The summed E-state index contributed by atoms with van der Waals surface area (Å²) in [5.74, 6) is 0.164. The predicted octanol–water partition coefficient (Wildman–Crippen LogP) is 1.56. The van der Waals surface area contributed by atoms with Crippen LogP contribution >= 0.6 is 0 Å². The standard InChI is InChI=1S/C10H21N3Si/c1-10(7-11)8-12-5-6-13(9-12)14(2,3)4/h10H,5-6,8-9H2,1-4H3. The van der Waals surface area contributed by atoms with E-state index < -0.39 is 8.24 Å². The second-order valence-corrected chi connectivity index (χ2v) is 10.2. The Morgan fingerprint density at radius 3 is 2.43 bits per heavy atom. The van der Waals surface area contributed by atoms with E-state index in [0.29, 0.717) is 0 Å². The van der Waals surface area contributed by atoms with Crippen LogP contribution in [0.1, 0.15) is 6.92 Å². The molecule has 1 fully saturated rings. The van der Waals surface area contributed by atoms with E-state index in [4.69, 9.17) is 5.26 Å². The Balaban J connectivity index is 2.39. The van der Waals surface area contributed by atoms with E-state index in [1.165, 1.54) is 6.54 Å². The van der Waals surface area contributed by atoms with E-state index in [2.05, 4.69) is 35.2 Å². The summed E-state index contributed by atoms with van der Waals surface area (Å²) >= 11 is 0. The maximum atomic E-state index is 8.74. The van der Waals surface area contributed by atoms with Crippen LogP contribution in [-0.4, -0.2) is 44.0 Å². The zero-order chi connectivity index (χ0) is 10.8. The molecule has 1 rings (SSSR count). The highest BCUT2D eigenvalue weighted by molar-refractivity contribution is 6.73. The molecule has 14 heavy (non-hydrogen) atoms. The summed E-state index contributed by atoms with van der Waals surface area (Å²) in [6.45, 7) is 13.5. The molecule has 0 aromatic rings. The Morgan fingerprint density at radius 1 is 1.36 bits per heavy atom. The Bertz CT molecular complexity index is 229. The lowest BCUT2D eigenvalue weighted by Gasteiger charge is -2.29. The van der Waals surface area contributed by atoms with Crippen molar-refractivity contribution in [3.63, 3.8) is 0 Å². The molecule has 0 amide bonds. The summed E-state index contributed by atoms with van der Waals surface area (Å²) in [5, 5.41) is 8.74. The summed E-state index contributed by atoms with van der Waals surface area (Å²) < 4.78 is 2.59. The molecule has 4 heteroatoms. The molecule has 3 nitrogen and oxygen atoms in total. The normalized spacial score (nSPS) is 22.2. The van der Waals surface area contributed by atoms with Crippen LogP contribution < -0.4 is 0 Å². The van der Waals surface area contributed by atoms with Crippen molar-refractivity contribution in [2.45, 2.75) is 26.6 Å². The quantitative estimate of drug-likeness (QED) is 0.664. The molecule has 0 aromatic heterocycles. The first-order valence-electron chi connectivity index (χ1n) is 5.30. The first kappa shape index (κ1) is 11.7. The van der Waals surface area contributed by atoms with Crippen molar-refractivity contribution in [3.05, 3.63) is 0 Å². The van der Waals surface area contributed by atoms with Crippen LogP contribution in [0.15, 0.2) is 0 Å². The number of nitriles is 1. The molecule has 1 atom stereocenters. The number of hydrogen-bond acceptors (Lipinski definition) is 3. The zero-order valence-corrected chi connectivity index (χ0v) is 10.7. The number of nitrogens with zero attached hydrogens (tertiary/aromatic N) is 3. The van der Waals surface area contributed by atoms with Crippen molar-refractivity contribution in [3.8, 4) is 6.07 Å². The Kier molecular flexibility index (Phi) is 3.70. The second kappa shape index (κ2) is 4.43. The molecule has 0 saturated carbocycles. The minimum Gasteiger partial charge on any atom is -0.311 e. The minimum absolute atomic E-state index is 0.164. The number of hydrogen-bond donors (Lipinski definition) is 0. The van der Waals surface area contributed by atoms with E-state index in [1.807, 2.05) is 6.92 Å². The third kappa shape index (κ3) is 3.09. The topological polar surface area (TPSA) is 30.3 Å². The van der Waals surface area contributed by atoms with Gasteiger partial charge in [-0.15, -0.1) is 0 Å². The molecule has 0 bridgehead atoms. The molecule has 1 aliphatic heterocycles. The van der Waals surface area contributed by atoms with Gasteiger partial charge in [0.05, 0.1) is 12.0 Å². The maximum Gasteiger partial charge on any atom is 0.120 e. The van der Waals surface area contributed by atoms with Gasteiger partial charge >= 0.3 is 0 Å². The van der Waals surface area contributed by atoms with Gasteiger partial charge in [-0.05, 0) is 6.92 Å². The predicted molar refractivity (Wildman–Crippen MR) is 61.3 cm³/mol. The molecule has 0 radical (unpaired) electrons. The molecule has 0 spiro atoms. The lowest BCUT2D eigenvalue weighted by Crippen LogP contribution is -2.45. The highest BCUT2D eigenvalue weighted by Crippen LogP contribution is 2.16. The zero-order valence-electron chi connectivity index (χ0n) is 9.75. The average Bonchev–Trinajstić information content (AvgIpc) is 2.51. The van der Waals surface area contributed by atoms with Gasteiger partial charge in [-0.2, -0.15) is 5.26 Å². The van der Waals surface area contributed by atoms with Gasteiger partial charge in [0.1, 0.15) is 8.24 Å². The van der Waals surface area contributed by atoms with Crippen LogP contribution in [-0.2, 0) is 0 Å².